The van der Waals surface area contributed by atoms with Gasteiger partial charge in [0.2, 0.25) is 0 Å². The number of nitrogens with zero attached hydrogens (tertiary/aromatic N) is 1. The highest BCUT2D eigenvalue weighted by Crippen LogP contribution is 2.40. The van der Waals surface area contributed by atoms with Crippen molar-refractivity contribution in [3.8, 4) is 0 Å². The van der Waals surface area contributed by atoms with Crippen LogP contribution in [0.25, 0.3) is 0 Å². The van der Waals surface area contributed by atoms with Crippen molar-refractivity contribution in [3.63, 3.8) is 0 Å². The fourth-order valence-electron chi connectivity index (χ4n) is 3.88. The van der Waals surface area contributed by atoms with Crippen LogP contribution in [-0.4, -0.2) is 23.8 Å². The Morgan fingerprint density at radius 1 is 1.32 bits per heavy atom. The third-order valence-electron chi connectivity index (χ3n) is 5.56. The molecule has 0 unspecified atom stereocenters. The summed E-state index contributed by atoms with van der Waals surface area (Å²) in [6.45, 7) is 15.2. The molecular weight excluding hydrogens is 270 g/mol. The molecule has 2 N–H and O–H groups in total. The van der Waals surface area contributed by atoms with Crippen LogP contribution < -0.4 is 5.32 Å². The molecule has 0 fully saturated rings. The van der Waals surface area contributed by atoms with E-state index in [-0.39, 0.29) is 11.5 Å². The highest BCUT2D eigenvalue weighted by Gasteiger charge is 2.35. The summed E-state index contributed by atoms with van der Waals surface area (Å²) in [6.07, 6.45) is 4.54. The molecule has 2 rings (SSSR count). The van der Waals surface area contributed by atoms with Crippen molar-refractivity contribution < 1.29 is 0 Å². The van der Waals surface area contributed by atoms with Gasteiger partial charge in [-0.25, -0.2) is 0 Å². The van der Waals surface area contributed by atoms with Crippen LogP contribution in [-0.2, 0) is 0 Å². The molecule has 1 aliphatic carbocycles. The summed E-state index contributed by atoms with van der Waals surface area (Å²) < 4.78 is 0. The van der Waals surface area contributed by atoms with E-state index in [1.165, 1.54) is 35.3 Å². The monoisotopic (exact) mass is 301 g/mol. The molecule has 22 heavy (non-hydrogen) atoms. The quantitative estimate of drug-likeness (QED) is 0.578. The third kappa shape index (κ3) is 2.62. The molecule has 122 valence electrons. The standard InChI is InChI=1S/C19H31N3/c1-12-13(2)15(4)22(14(12)3)18(20)16-10-8-9-11-19(5,6)17(16)21-7/h15,20-21H,3,8-11H2,1-2,4-7H3/t15-/m0/s1. The average molecular weight is 301 g/mol. The maximum Gasteiger partial charge on any atom is 0.130 e. The fraction of sp³-hybridized carbons (Fsp3) is 0.632. The van der Waals surface area contributed by atoms with Crippen LogP contribution in [0.1, 0.15) is 60.3 Å². The SMILES string of the molecule is C=C1C(C)=C(C)[C@H](C)N1C(=N)C1=C(NC)C(C)(C)CCCC1. The van der Waals surface area contributed by atoms with Crippen molar-refractivity contribution in [2.45, 2.75) is 66.3 Å². The van der Waals surface area contributed by atoms with Gasteiger partial charge in [-0.15, -0.1) is 0 Å². The van der Waals surface area contributed by atoms with Crippen molar-refractivity contribution in [2.75, 3.05) is 7.05 Å². The first-order valence-corrected chi connectivity index (χ1v) is 8.38. The van der Waals surface area contributed by atoms with E-state index in [1.54, 1.807) is 0 Å². The number of hydrogen-bond acceptors (Lipinski definition) is 2. The van der Waals surface area contributed by atoms with Crippen LogP contribution in [0.3, 0.4) is 0 Å². The third-order valence-corrected chi connectivity index (χ3v) is 5.56. The van der Waals surface area contributed by atoms with Gasteiger partial charge in [0.25, 0.3) is 0 Å². The van der Waals surface area contributed by atoms with Gasteiger partial charge in [0, 0.05) is 29.4 Å². The van der Waals surface area contributed by atoms with E-state index in [1.807, 2.05) is 7.05 Å². The van der Waals surface area contributed by atoms with Crippen LogP contribution in [0.15, 0.2) is 34.7 Å². The van der Waals surface area contributed by atoms with E-state index in [9.17, 15) is 0 Å². The first-order valence-electron chi connectivity index (χ1n) is 8.38. The van der Waals surface area contributed by atoms with Crippen LogP contribution in [0.4, 0.5) is 0 Å². The molecule has 2 aliphatic rings. The van der Waals surface area contributed by atoms with Gasteiger partial charge < -0.3 is 10.2 Å². The topological polar surface area (TPSA) is 39.1 Å². The fourth-order valence-corrected chi connectivity index (χ4v) is 3.88. The molecule has 0 saturated carbocycles. The summed E-state index contributed by atoms with van der Waals surface area (Å²) in [5.41, 5.74) is 6.05. The lowest BCUT2D eigenvalue weighted by Gasteiger charge is -2.33. The number of amidine groups is 1. The molecule has 3 nitrogen and oxygen atoms in total. The normalized spacial score (nSPS) is 25.6. The van der Waals surface area contributed by atoms with Crippen molar-refractivity contribution in [2.24, 2.45) is 5.41 Å². The number of hydrogen-bond donors (Lipinski definition) is 2. The van der Waals surface area contributed by atoms with Gasteiger partial charge in [0.15, 0.2) is 0 Å². The summed E-state index contributed by atoms with van der Waals surface area (Å²) in [6, 6.07) is 0.233. The van der Waals surface area contributed by atoms with E-state index >= 15 is 0 Å². The molecular formula is C19H31N3. The van der Waals surface area contributed by atoms with Gasteiger partial charge in [-0.1, -0.05) is 26.8 Å². The molecule has 0 amide bonds. The molecule has 3 heteroatoms. The molecule has 0 aromatic carbocycles. The van der Waals surface area contributed by atoms with Crippen molar-refractivity contribution >= 4 is 5.84 Å². The zero-order chi connectivity index (χ0) is 16.7. The van der Waals surface area contributed by atoms with Crippen LogP contribution in [0, 0.1) is 10.8 Å². The number of allylic oxidation sites excluding steroid dienone is 2. The molecule has 1 heterocycles. The molecule has 0 radical (unpaired) electrons. The Hall–Kier alpha value is -1.51. The second kappa shape index (κ2) is 5.94. The maximum atomic E-state index is 8.87. The summed E-state index contributed by atoms with van der Waals surface area (Å²) in [5, 5.41) is 12.3. The Morgan fingerprint density at radius 3 is 2.45 bits per heavy atom. The lowest BCUT2D eigenvalue weighted by atomic mass is 9.83. The van der Waals surface area contributed by atoms with Crippen molar-refractivity contribution in [1.29, 1.82) is 5.41 Å². The number of rotatable bonds is 2. The summed E-state index contributed by atoms with van der Waals surface area (Å²) in [7, 11) is 1.99. The van der Waals surface area contributed by atoms with Gasteiger partial charge >= 0.3 is 0 Å². The number of nitrogens with one attached hydrogen (secondary N) is 2. The van der Waals surface area contributed by atoms with Gasteiger partial charge in [-0.05, 0) is 51.2 Å². The predicted molar refractivity (Wildman–Crippen MR) is 94.9 cm³/mol. The minimum atomic E-state index is 0.106. The molecule has 1 atom stereocenters. The molecule has 0 spiro atoms. The van der Waals surface area contributed by atoms with Crippen LogP contribution in [0.2, 0.25) is 0 Å². The van der Waals surface area contributed by atoms with Gasteiger partial charge in [-0.3, -0.25) is 5.41 Å². The van der Waals surface area contributed by atoms with Gasteiger partial charge in [-0.2, -0.15) is 0 Å². The maximum absolute atomic E-state index is 8.87. The van der Waals surface area contributed by atoms with E-state index in [0.29, 0.717) is 5.84 Å². The minimum Gasteiger partial charge on any atom is -0.391 e. The summed E-state index contributed by atoms with van der Waals surface area (Å²) in [5.74, 6) is 0.632. The lowest BCUT2D eigenvalue weighted by molar-refractivity contribution is 0.380. The first-order chi connectivity index (χ1) is 10.2. The molecule has 1 aliphatic heterocycles. The Balaban J connectivity index is 2.43. The molecule has 0 aromatic heterocycles. The molecule has 0 aromatic rings. The minimum absolute atomic E-state index is 0.106. The van der Waals surface area contributed by atoms with E-state index in [2.05, 4.69) is 51.4 Å². The summed E-state index contributed by atoms with van der Waals surface area (Å²) in [4.78, 5) is 2.11. The highest BCUT2D eigenvalue weighted by molar-refractivity contribution is 5.99. The zero-order valence-corrected chi connectivity index (χ0v) is 15.1. The van der Waals surface area contributed by atoms with Crippen LogP contribution >= 0.6 is 0 Å². The lowest BCUT2D eigenvalue weighted by Crippen LogP contribution is -2.37. The first kappa shape index (κ1) is 16.9. The summed E-state index contributed by atoms with van der Waals surface area (Å²) >= 11 is 0. The second-order valence-electron chi connectivity index (χ2n) is 7.34. The van der Waals surface area contributed by atoms with E-state index in [0.717, 1.165) is 18.5 Å². The molecule has 0 saturated heterocycles. The Morgan fingerprint density at radius 2 is 1.95 bits per heavy atom. The van der Waals surface area contributed by atoms with E-state index in [4.69, 9.17) is 5.41 Å². The Bertz CT molecular complexity index is 563. The van der Waals surface area contributed by atoms with Gasteiger partial charge in [0.05, 0.1) is 6.04 Å². The second-order valence-corrected chi connectivity index (χ2v) is 7.34. The average Bonchev–Trinajstić information content (AvgIpc) is 2.60. The smallest absolute Gasteiger partial charge is 0.130 e. The molecule has 0 bridgehead atoms. The largest absolute Gasteiger partial charge is 0.391 e. The van der Waals surface area contributed by atoms with Gasteiger partial charge in [0.1, 0.15) is 5.84 Å². The Labute approximate surface area is 135 Å². The zero-order valence-electron chi connectivity index (χ0n) is 15.1. The highest BCUT2D eigenvalue weighted by atomic mass is 15.2. The predicted octanol–water partition coefficient (Wildman–Crippen LogP) is 4.59. The van der Waals surface area contributed by atoms with Crippen LogP contribution in [0.5, 0.6) is 0 Å². The van der Waals surface area contributed by atoms with Crippen molar-refractivity contribution in [1.82, 2.24) is 10.2 Å². The Kier molecular flexibility index (Phi) is 4.55. The van der Waals surface area contributed by atoms with E-state index < -0.39 is 0 Å². The van der Waals surface area contributed by atoms with Crippen molar-refractivity contribution in [3.05, 3.63) is 34.7 Å².